The van der Waals surface area contributed by atoms with E-state index in [0.29, 0.717) is 6.04 Å². The molecule has 0 saturated carbocycles. The maximum absolute atomic E-state index is 4.52. The number of aromatic nitrogens is 1. The molecule has 0 unspecified atom stereocenters. The van der Waals surface area contributed by atoms with E-state index in [-0.39, 0.29) is 5.54 Å². The van der Waals surface area contributed by atoms with E-state index in [0.717, 1.165) is 25.3 Å². The molecule has 1 N–H and O–H groups in total. The molecule has 1 aromatic rings. The van der Waals surface area contributed by atoms with Gasteiger partial charge >= 0.3 is 0 Å². The number of nitrogens with one attached hydrogen (secondary N) is 1. The highest BCUT2D eigenvalue weighted by atomic mass is 15.2. The molecule has 0 aliphatic carbocycles. The molecule has 108 valence electrons. The zero-order valence-electron chi connectivity index (χ0n) is 13.3. The lowest BCUT2D eigenvalue weighted by Gasteiger charge is -2.28. The van der Waals surface area contributed by atoms with E-state index in [1.54, 1.807) is 0 Å². The van der Waals surface area contributed by atoms with E-state index in [2.05, 4.69) is 68.9 Å². The lowest BCUT2D eigenvalue weighted by atomic mass is 10.1. The quantitative estimate of drug-likeness (QED) is 0.850. The van der Waals surface area contributed by atoms with Gasteiger partial charge in [0.2, 0.25) is 0 Å². The summed E-state index contributed by atoms with van der Waals surface area (Å²) in [6.07, 6.45) is 3.06. The largest absolute Gasteiger partial charge is 0.354 e. The number of hydrogen-bond donors (Lipinski definition) is 1. The maximum atomic E-state index is 4.52. The fourth-order valence-electron chi connectivity index (χ4n) is 1.97. The number of nitrogens with zero attached hydrogens (tertiary/aromatic N) is 2. The maximum Gasteiger partial charge on any atom is 0.129 e. The monoisotopic (exact) mass is 263 g/mol. The summed E-state index contributed by atoms with van der Waals surface area (Å²) in [5, 5.41) is 3.52. The van der Waals surface area contributed by atoms with Crippen LogP contribution in [0.25, 0.3) is 0 Å². The van der Waals surface area contributed by atoms with Crippen LogP contribution in [0, 0.1) is 0 Å². The molecular weight excluding hydrogens is 234 g/mol. The first-order chi connectivity index (χ1) is 8.83. The van der Waals surface area contributed by atoms with Crippen LogP contribution >= 0.6 is 0 Å². The van der Waals surface area contributed by atoms with Crippen LogP contribution in [0.3, 0.4) is 0 Å². The third-order valence-electron chi connectivity index (χ3n) is 3.01. The van der Waals surface area contributed by atoms with Gasteiger partial charge in [-0.2, -0.15) is 0 Å². The zero-order chi connectivity index (χ0) is 14.5. The Kier molecular flexibility index (Phi) is 5.80. The van der Waals surface area contributed by atoms with Gasteiger partial charge in [0.1, 0.15) is 5.82 Å². The molecule has 3 nitrogen and oxygen atoms in total. The molecule has 0 amide bonds. The average molecular weight is 263 g/mol. The number of rotatable bonds is 6. The fraction of sp³-hybridized carbons (Fsp3) is 0.688. The van der Waals surface area contributed by atoms with Crippen LogP contribution in [0.2, 0.25) is 0 Å². The van der Waals surface area contributed by atoms with E-state index < -0.39 is 0 Å². The van der Waals surface area contributed by atoms with Crippen molar-refractivity contribution in [1.82, 2.24) is 10.3 Å². The van der Waals surface area contributed by atoms with Gasteiger partial charge in [-0.3, -0.25) is 0 Å². The highest BCUT2D eigenvalue weighted by molar-refractivity contribution is 5.41. The average Bonchev–Trinajstić information content (AvgIpc) is 2.32. The molecule has 0 aliphatic heterocycles. The summed E-state index contributed by atoms with van der Waals surface area (Å²) in [6.45, 7) is 15.2. The summed E-state index contributed by atoms with van der Waals surface area (Å²) in [7, 11) is 0. The van der Waals surface area contributed by atoms with Crippen molar-refractivity contribution < 1.29 is 0 Å². The van der Waals surface area contributed by atoms with Gasteiger partial charge in [-0.15, -0.1) is 0 Å². The van der Waals surface area contributed by atoms with Crippen LogP contribution < -0.4 is 10.2 Å². The van der Waals surface area contributed by atoms with Crippen LogP contribution in [0.15, 0.2) is 18.3 Å². The second-order valence-electron chi connectivity index (χ2n) is 6.41. The molecule has 1 aromatic heterocycles. The topological polar surface area (TPSA) is 28.2 Å². The Morgan fingerprint density at radius 3 is 2.53 bits per heavy atom. The minimum atomic E-state index is 0.143. The Morgan fingerprint density at radius 2 is 2.00 bits per heavy atom. The summed E-state index contributed by atoms with van der Waals surface area (Å²) in [5.41, 5.74) is 1.44. The third kappa shape index (κ3) is 5.60. The molecular formula is C16H29N3. The van der Waals surface area contributed by atoms with Crippen molar-refractivity contribution in [3.8, 4) is 0 Å². The Labute approximate surface area is 118 Å². The van der Waals surface area contributed by atoms with E-state index in [4.69, 9.17) is 0 Å². The lowest BCUT2D eigenvalue weighted by Crippen LogP contribution is -2.35. The number of anilines is 1. The molecule has 0 radical (unpaired) electrons. The van der Waals surface area contributed by atoms with Crippen LogP contribution in [0.4, 0.5) is 5.82 Å². The molecule has 3 heteroatoms. The van der Waals surface area contributed by atoms with E-state index in [1.165, 1.54) is 5.56 Å². The predicted octanol–water partition coefficient (Wildman–Crippen LogP) is 3.59. The minimum absolute atomic E-state index is 0.143. The number of pyridine rings is 1. The molecule has 0 saturated heterocycles. The lowest BCUT2D eigenvalue weighted by molar-refractivity contribution is 0.424. The zero-order valence-corrected chi connectivity index (χ0v) is 13.3. The molecule has 0 fully saturated rings. The van der Waals surface area contributed by atoms with Crippen molar-refractivity contribution in [2.24, 2.45) is 0 Å². The highest BCUT2D eigenvalue weighted by Gasteiger charge is 2.12. The van der Waals surface area contributed by atoms with Gasteiger partial charge in [0.05, 0.1) is 0 Å². The second kappa shape index (κ2) is 6.90. The highest BCUT2D eigenvalue weighted by Crippen LogP contribution is 2.16. The van der Waals surface area contributed by atoms with E-state index >= 15 is 0 Å². The number of hydrogen-bond acceptors (Lipinski definition) is 3. The normalized spacial score (nSPS) is 11.9. The van der Waals surface area contributed by atoms with Gasteiger partial charge in [0, 0.05) is 30.9 Å². The van der Waals surface area contributed by atoms with Crippen molar-refractivity contribution in [3.05, 3.63) is 23.9 Å². The van der Waals surface area contributed by atoms with Crippen LogP contribution in [0.5, 0.6) is 0 Å². The van der Waals surface area contributed by atoms with Gasteiger partial charge in [0.25, 0.3) is 0 Å². The van der Waals surface area contributed by atoms with Gasteiger partial charge in [-0.25, -0.2) is 4.98 Å². The molecule has 19 heavy (non-hydrogen) atoms. The Bertz CT molecular complexity index is 380. The van der Waals surface area contributed by atoms with Crippen molar-refractivity contribution in [2.75, 3.05) is 11.4 Å². The third-order valence-corrected chi connectivity index (χ3v) is 3.01. The minimum Gasteiger partial charge on any atom is -0.354 e. The summed E-state index contributed by atoms with van der Waals surface area (Å²) >= 11 is 0. The Balaban J connectivity index is 2.80. The van der Waals surface area contributed by atoms with Gasteiger partial charge in [-0.1, -0.05) is 6.92 Å². The second-order valence-corrected chi connectivity index (χ2v) is 6.41. The van der Waals surface area contributed by atoms with E-state index in [1.807, 2.05) is 6.20 Å². The van der Waals surface area contributed by atoms with Crippen LogP contribution in [-0.4, -0.2) is 23.1 Å². The summed E-state index contributed by atoms with van der Waals surface area (Å²) in [4.78, 5) is 6.88. The van der Waals surface area contributed by atoms with Gasteiger partial charge in [-0.05, 0) is 58.7 Å². The molecule has 1 heterocycles. The molecule has 1 rings (SSSR count). The van der Waals surface area contributed by atoms with Crippen molar-refractivity contribution in [3.63, 3.8) is 0 Å². The summed E-state index contributed by atoms with van der Waals surface area (Å²) in [5.74, 6) is 1.09. The smallest absolute Gasteiger partial charge is 0.129 e. The first-order valence-corrected chi connectivity index (χ1v) is 7.30. The molecule has 0 bridgehead atoms. The first-order valence-electron chi connectivity index (χ1n) is 7.30. The SMILES string of the molecule is CCCN(c1cc(CNC(C)(C)C)ccn1)C(C)C. The molecule has 0 spiro atoms. The standard InChI is InChI=1S/C16H29N3/c1-7-10-19(13(2)3)15-11-14(8-9-17-15)12-18-16(4,5)6/h8-9,11,13,18H,7,10,12H2,1-6H3. The predicted molar refractivity (Wildman–Crippen MR) is 83.6 cm³/mol. The Hall–Kier alpha value is -1.09. The molecule has 0 aromatic carbocycles. The summed E-state index contributed by atoms with van der Waals surface area (Å²) < 4.78 is 0. The van der Waals surface area contributed by atoms with Crippen molar-refractivity contribution in [1.29, 1.82) is 0 Å². The fourth-order valence-corrected chi connectivity index (χ4v) is 1.97. The Morgan fingerprint density at radius 1 is 1.32 bits per heavy atom. The van der Waals surface area contributed by atoms with Crippen molar-refractivity contribution in [2.45, 2.75) is 66.1 Å². The van der Waals surface area contributed by atoms with Gasteiger partial charge in [0.15, 0.2) is 0 Å². The van der Waals surface area contributed by atoms with E-state index in [9.17, 15) is 0 Å². The summed E-state index contributed by atoms with van der Waals surface area (Å²) in [6, 6.07) is 4.78. The van der Waals surface area contributed by atoms with Crippen LogP contribution in [0.1, 0.15) is 53.5 Å². The van der Waals surface area contributed by atoms with Crippen LogP contribution in [-0.2, 0) is 6.54 Å². The molecule has 0 aliphatic rings. The van der Waals surface area contributed by atoms with Crippen molar-refractivity contribution >= 4 is 5.82 Å². The van der Waals surface area contributed by atoms with Gasteiger partial charge < -0.3 is 10.2 Å². The molecule has 0 atom stereocenters. The first kappa shape index (κ1) is 16.0.